The van der Waals surface area contributed by atoms with Gasteiger partial charge in [-0.05, 0) is 68.8 Å². The topological polar surface area (TPSA) is 82.8 Å². The maximum absolute atomic E-state index is 10.2. The molecule has 1 atom stereocenters. The number of rotatable bonds is 9. The molecule has 1 aliphatic heterocycles. The number of aryl methyl sites for hydroxylation is 1. The van der Waals surface area contributed by atoms with Crippen LogP contribution in [0.25, 0.3) is 0 Å². The summed E-state index contributed by atoms with van der Waals surface area (Å²) in [5, 5.41) is 5.80. The highest BCUT2D eigenvalue weighted by Crippen LogP contribution is 2.49. The van der Waals surface area contributed by atoms with Crippen molar-refractivity contribution in [3.8, 4) is 0 Å². The van der Waals surface area contributed by atoms with Crippen LogP contribution in [0.15, 0.2) is 41.5 Å². The van der Waals surface area contributed by atoms with E-state index in [0.29, 0.717) is 23.7 Å². The number of carbonyl (C=O) groups is 1. The molecule has 4 N–H and O–H groups in total. The minimum absolute atomic E-state index is 0.356. The molecule has 1 aromatic carbocycles. The lowest BCUT2D eigenvalue weighted by molar-refractivity contribution is -0.108. The Morgan fingerprint density at radius 2 is 2.07 bits per heavy atom. The molecule has 3 rings (SSSR count). The number of nitrogens with two attached hydrogens (primary N) is 1. The van der Waals surface area contributed by atoms with Gasteiger partial charge in [0.15, 0.2) is 0 Å². The second kappa shape index (κ2) is 8.67. The number of hydrogen-bond acceptors (Lipinski definition) is 4. The van der Waals surface area contributed by atoms with Crippen molar-refractivity contribution >= 4 is 17.9 Å². The standard InChI is InChI=1S/C21H31N5O/c1-16(26-13-21(14-26)11-19(12-21)23-2)3-4-17-5-7-18(8-6-17)25-20(22)9-10-24-15-27/h5-10,15-16,19,23H,3-4,11-14H2,1-2H3,(H2,22,25)(H,24,27)/b10-9-. The van der Waals surface area contributed by atoms with Crippen LogP contribution in [0.1, 0.15) is 31.7 Å². The van der Waals surface area contributed by atoms with Gasteiger partial charge in [-0.15, -0.1) is 0 Å². The highest BCUT2D eigenvalue weighted by atomic mass is 16.1. The molecule has 2 fully saturated rings. The zero-order chi connectivity index (χ0) is 19.3. The van der Waals surface area contributed by atoms with Crippen LogP contribution < -0.4 is 16.4 Å². The summed E-state index contributed by atoms with van der Waals surface area (Å²) in [7, 11) is 2.07. The molecule has 1 aromatic rings. The molecule has 6 heteroatoms. The molecule has 1 spiro atoms. The van der Waals surface area contributed by atoms with E-state index in [1.54, 1.807) is 6.08 Å². The largest absolute Gasteiger partial charge is 0.384 e. The van der Waals surface area contributed by atoms with Crippen LogP contribution in [0.5, 0.6) is 0 Å². The molecule has 1 saturated carbocycles. The lowest BCUT2D eigenvalue weighted by atomic mass is 9.60. The summed E-state index contributed by atoms with van der Waals surface area (Å²) in [5.74, 6) is 0.356. The Labute approximate surface area is 161 Å². The number of amidine groups is 1. The van der Waals surface area contributed by atoms with Crippen LogP contribution in [0, 0.1) is 5.41 Å². The van der Waals surface area contributed by atoms with Crippen LogP contribution in [0.2, 0.25) is 0 Å². The number of nitrogens with one attached hydrogen (secondary N) is 2. The average molecular weight is 370 g/mol. The molecule has 0 aromatic heterocycles. The van der Waals surface area contributed by atoms with Gasteiger partial charge in [-0.2, -0.15) is 0 Å². The van der Waals surface area contributed by atoms with Gasteiger partial charge in [0.1, 0.15) is 5.84 Å². The average Bonchev–Trinajstić information content (AvgIpc) is 2.59. The summed E-state index contributed by atoms with van der Waals surface area (Å²) in [6.07, 6.45) is 8.55. The third-order valence-corrected chi connectivity index (χ3v) is 5.93. The number of aliphatic imine (C=N–C) groups is 1. The Bertz CT molecular complexity index is 683. The first-order chi connectivity index (χ1) is 13.0. The van der Waals surface area contributed by atoms with Crippen LogP contribution in [-0.2, 0) is 11.2 Å². The van der Waals surface area contributed by atoms with Crippen LogP contribution >= 0.6 is 0 Å². The van der Waals surface area contributed by atoms with Crippen molar-refractivity contribution in [2.24, 2.45) is 16.1 Å². The maximum atomic E-state index is 10.2. The number of likely N-dealkylation sites (tertiary alicyclic amines) is 1. The van der Waals surface area contributed by atoms with Gasteiger partial charge in [-0.25, -0.2) is 4.99 Å². The number of carbonyl (C=O) groups excluding carboxylic acids is 1. The van der Waals surface area contributed by atoms with E-state index in [9.17, 15) is 4.79 Å². The Morgan fingerprint density at radius 1 is 1.37 bits per heavy atom. The van der Waals surface area contributed by atoms with Gasteiger partial charge < -0.3 is 16.4 Å². The fourth-order valence-corrected chi connectivity index (χ4v) is 4.23. The number of benzene rings is 1. The van der Waals surface area contributed by atoms with E-state index in [0.717, 1.165) is 18.2 Å². The summed E-state index contributed by atoms with van der Waals surface area (Å²) >= 11 is 0. The zero-order valence-corrected chi connectivity index (χ0v) is 16.3. The molecule has 1 amide bonds. The molecule has 0 bridgehead atoms. The molecule has 6 nitrogen and oxygen atoms in total. The molecule has 1 aliphatic carbocycles. The van der Waals surface area contributed by atoms with Gasteiger partial charge in [0, 0.05) is 31.4 Å². The maximum Gasteiger partial charge on any atom is 0.211 e. The summed E-state index contributed by atoms with van der Waals surface area (Å²) in [6, 6.07) is 9.58. The third-order valence-electron chi connectivity index (χ3n) is 5.93. The van der Waals surface area contributed by atoms with Crippen LogP contribution in [0.4, 0.5) is 5.69 Å². The fourth-order valence-electron chi connectivity index (χ4n) is 4.23. The molecule has 1 heterocycles. The Kier molecular flexibility index (Phi) is 6.29. The smallest absolute Gasteiger partial charge is 0.211 e. The molecule has 0 radical (unpaired) electrons. The van der Waals surface area contributed by atoms with Crippen LogP contribution in [0.3, 0.4) is 0 Å². The SMILES string of the molecule is CNC1CC2(C1)CN(C(C)CCc1ccc(N=C(N)/C=C\NC=O)cc1)C2. The molecular weight excluding hydrogens is 338 g/mol. The number of nitrogens with zero attached hydrogens (tertiary/aromatic N) is 2. The van der Waals surface area contributed by atoms with Crippen molar-refractivity contribution in [2.75, 3.05) is 20.1 Å². The Morgan fingerprint density at radius 3 is 2.70 bits per heavy atom. The highest BCUT2D eigenvalue weighted by molar-refractivity contribution is 5.93. The van der Waals surface area contributed by atoms with Gasteiger partial charge in [0.05, 0.1) is 5.69 Å². The Balaban J connectivity index is 1.41. The second-order valence-electron chi connectivity index (χ2n) is 8.01. The first kappa shape index (κ1) is 19.6. The summed E-state index contributed by atoms with van der Waals surface area (Å²) in [5.41, 5.74) is 8.55. The van der Waals surface area contributed by atoms with Crippen molar-refractivity contribution in [1.29, 1.82) is 0 Å². The number of amides is 1. The van der Waals surface area contributed by atoms with E-state index in [1.807, 2.05) is 12.1 Å². The van der Waals surface area contributed by atoms with Gasteiger partial charge in [0.25, 0.3) is 0 Å². The monoisotopic (exact) mass is 369 g/mol. The molecular formula is C21H31N5O. The lowest BCUT2D eigenvalue weighted by Gasteiger charge is -2.61. The van der Waals surface area contributed by atoms with Crippen LogP contribution in [-0.4, -0.2) is 49.4 Å². The lowest BCUT2D eigenvalue weighted by Crippen LogP contribution is -2.67. The van der Waals surface area contributed by atoms with E-state index < -0.39 is 0 Å². The molecule has 146 valence electrons. The van der Waals surface area contributed by atoms with Gasteiger partial charge in [-0.1, -0.05) is 12.1 Å². The van der Waals surface area contributed by atoms with Gasteiger partial charge in [0.2, 0.25) is 6.41 Å². The first-order valence-corrected chi connectivity index (χ1v) is 9.74. The minimum Gasteiger partial charge on any atom is -0.384 e. The predicted octanol–water partition coefficient (Wildman–Crippen LogP) is 1.94. The minimum atomic E-state index is 0.356. The number of hydrogen-bond donors (Lipinski definition) is 3. The molecule has 2 aliphatic rings. The van der Waals surface area contributed by atoms with Crippen molar-refractivity contribution < 1.29 is 4.79 Å². The van der Waals surface area contributed by atoms with Crippen molar-refractivity contribution in [3.05, 3.63) is 42.1 Å². The first-order valence-electron chi connectivity index (χ1n) is 9.74. The van der Waals surface area contributed by atoms with E-state index in [4.69, 9.17) is 5.73 Å². The summed E-state index contributed by atoms with van der Waals surface area (Å²) in [6.45, 7) is 4.89. The zero-order valence-electron chi connectivity index (χ0n) is 16.3. The molecule has 1 unspecified atom stereocenters. The summed E-state index contributed by atoms with van der Waals surface area (Å²) in [4.78, 5) is 17.1. The van der Waals surface area contributed by atoms with Crippen molar-refractivity contribution in [3.63, 3.8) is 0 Å². The van der Waals surface area contributed by atoms with E-state index in [1.165, 1.54) is 44.1 Å². The van der Waals surface area contributed by atoms with E-state index in [2.05, 4.69) is 46.6 Å². The third kappa shape index (κ3) is 4.96. The van der Waals surface area contributed by atoms with Crippen molar-refractivity contribution in [1.82, 2.24) is 15.5 Å². The normalized spacial score (nSPS) is 21.0. The van der Waals surface area contributed by atoms with Gasteiger partial charge in [-0.3, -0.25) is 9.69 Å². The van der Waals surface area contributed by atoms with Crippen molar-refractivity contribution in [2.45, 2.75) is 44.7 Å². The Hall–Kier alpha value is -2.18. The second-order valence-corrected chi connectivity index (χ2v) is 8.01. The quantitative estimate of drug-likeness (QED) is 0.353. The predicted molar refractivity (Wildman–Crippen MR) is 110 cm³/mol. The van der Waals surface area contributed by atoms with E-state index in [-0.39, 0.29) is 0 Å². The summed E-state index contributed by atoms with van der Waals surface area (Å²) < 4.78 is 0. The van der Waals surface area contributed by atoms with Gasteiger partial charge >= 0.3 is 0 Å². The molecule has 1 saturated heterocycles. The molecule has 27 heavy (non-hydrogen) atoms. The van der Waals surface area contributed by atoms with E-state index >= 15 is 0 Å². The highest BCUT2D eigenvalue weighted by Gasteiger charge is 2.52. The fraction of sp³-hybridized carbons (Fsp3) is 0.524.